The number of methoxy groups -OCH3 is 1. The van der Waals surface area contributed by atoms with E-state index in [1.54, 1.807) is 7.11 Å². The summed E-state index contributed by atoms with van der Waals surface area (Å²) >= 11 is 6.10. The fraction of sp³-hybridized carbons (Fsp3) is 0.391. The summed E-state index contributed by atoms with van der Waals surface area (Å²) in [7, 11) is 1.62. The SMILES string of the molecule is C/C=C/c1ccc(OC[C@H](O)CN2CCN(c3cccc(Cl)c3)CC2)c(OC)c1. The molecule has 3 rings (SSSR count). The second-order valence-electron chi connectivity index (χ2n) is 7.14. The molecule has 2 aromatic rings. The van der Waals surface area contributed by atoms with Crippen molar-refractivity contribution in [2.24, 2.45) is 0 Å². The summed E-state index contributed by atoms with van der Waals surface area (Å²) in [6.07, 6.45) is 3.42. The summed E-state index contributed by atoms with van der Waals surface area (Å²) in [5, 5.41) is 11.2. The summed E-state index contributed by atoms with van der Waals surface area (Å²) in [5.41, 5.74) is 2.20. The molecule has 156 valence electrons. The van der Waals surface area contributed by atoms with E-state index < -0.39 is 6.10 Å². The molecule has 1 N–H and O–H groups in total. The number of β-amino-alcohol motifs (C(OH)–C–C–N with tert-alkyl or cyclic N) is 1. The van der Waals surface area contributed by atoms with E-state index in [0.29, 0.717) is 18.0 Å². The molecule has 0 amide bonds. The lowest BCUT2D eigenvalue weighted by Crippen LogP contribution is -2.49. The largest absolute Gasteiger partial charge is 0.493 e. The van der Waals surface area contributed by atoms with E-state index in [4.69, 9.17) is 21.1 Å². The van der Waals surface area contributed by atoms with Crippen molar-refractivity contribution < 1.29 is 14.6 Å². The van der Waals surface area contributed by atoms with Gasteiger partial charge in [0, 0.05) is 43.4 Å². The maximum atomic E-state index is 10.4. The number of halogens is 1. The number of anilines is 1. The molecule has 1 aliphatic rings. The van der Waals surface area contributed by atoms with E-state index in [-0.39, 0.29) is 6.61 Å². The van der Waals surface area contributed by atoms with Crippen molar-refractivity contribution in [1.82, 2.24) is 4.90 Å². The molecule has 1 heterocycles. The fourth-order valence-corrected chi connectivity index (χ4v) is 3.68. The second kappa shape index (κ2) is 10.5. The number of aliphatic hydroxyl groups excluding tert-OH is 1. The zero-order chi connectivity index (χ0) is 20.6. The molecule has 6 heteroatoms. The van der Waals surface area contributed by atoms with Gasteiger partial charge in [-0.25, -0.2) is 0 Å². The van der Waals surface area contributed by atoms with Crippen LogP contribution in [0.2, 0.25) is 5.02 Å². The Labute approximate surface area is 178 Å². The third-order valence-corrected chi connectivity index (χ3v) is 5.23. The maximum Gasteiger partial charge on any atom is 0.161 e. The average Bonchev–Trinajstić information content (AvgIpc) is 2.73. The van der Waals surface area contributed by atoms with Crippen molar-refractivity contribution in [3.63, 3.8) is 0 Å². The topological polar surface area (TPSA) is 45.2 Å². The van der Waals surface area contributed by atoms with Crippen LogP contribution in [0.5, 0.6) is 11.5 Å². The van der Waals surface area contributed by atoms with E-state index in [9.17, 15) is 5.11 Å². The van der Waals surface area contributed by atoms with Gasteiger partial charge in [0.1, 0.15) is 12.7 Å². The number of allylic oxidation sites excluding steroid dienone is 1. The van der Waals surface area contributed by atoms with E-state index in [0.717, 1.165) is 42.5 Å². The minimum absolute atomic E-state index is 0.230. The molecule has 2 aromatic carbocycles. The molecule has 0 aromatic heterocycles. The molecule has 0 radical (unpaired) electrons. The van der Waals surface area contributed by atoms with Crippen molar-refractivity contribution in [2.45, 2.75) is 13.0 Å². The van der Waals surface area contributed by atoms with Gasteiger partial charge in [-0.2, -0.15) is 0 Å². The molecule has 0 bridgehead atoms. The third-order valence-electron chi connectivity index (χ3n) is 4.99. The molecule has 5 nitrogen and oxygen atoms in total. The van der Waals surface area contributed by atoms with Crippen LogP contribution in [0, 0.1) is 0 Å². The van der Waals surface area contributed by atoms with Gasteiger partial charge < -0.3 is 19.5 Å². The monoisotopic (exact) mass is 416 g/mol. The lowest BCUT2D eigenvalue weighted by atomic mass is 10.2. The van der Waals surface area contributed by atoms with Crippen LogP contribution < -0.4 is 14.4 Å². The molecule has 1 atom stereocenters. The van der Waals surface area contributed by atoms with Crippen LogP contribution in [0.15, 0.2) is 48.5 Å². The van der Waals surface area contributed by atoms with Gasteiger partial charge in [-0.15, -0.1) is 0 Å². The molecule has 1 saturated heterocycles. The standard InChI is InChI=1S/C23H29ClN2O3/c1-3-5-18-8-9-22(23(14-18)28-2)29-17-21(27)16-25-10-12-26(13-11-25)20-7-4-6-19(24)15-20/h3-9,14-15,21,27H,10-13,16-17H2,1-2H3/b5-3+/t21-/m1/s1. The Hall–Kier alpha value is -2.21. The Morgan fingerprint density at radius 2 is 1.90 bits per heavy atom. The third kappa shape index (κ3) is 6.13. The molecule has 0 saturated carbocycles. The lowest BCUT2D eigenvalue weighted by molar-refractivity contribution is 0.0653. The van der Waals surface area contributed by atoms with Crippen molar-refractivity contribution in [1.29, 1.82) is 0 Å². The van der Waals surface area contributed by atoms with Crippen molar-refractivity contribution in [3.05, 3.63) is 59.1 Å². The summed E-state index contributed by atoms with van der Waals surface area (Å²) < 4.78 is 11.2. The number of benzene rings is 2. The van der Waals surface area contributed by atoms with Crippen LogP contribution in [0.1, 0.15) is 12.5 Å². The number of aliphatic hydroxyl groups is 1. The van der Waals surface area contributed by atoms with Crippen LogP contribution >= 0.6 is 11.6 Å². The van der Waals surface area contributed by atoms with E-state index in [1.807, 2.05) is 55.5 Å². The summed E-state index contributed by atoms with van der Waals surface area (Å²) in [5.74, 6) is 1.31. The Morgan fingerprint density at radius 3 is 2.59 bits per heavy atom. The second-order valence-corrected chi connectivity index (χ2v) is 7.58. The van der Waals surface area contributed by atoms with Crippen LogP contribution in [0.25, 0.3) is 6.08 Å². The van der Waals surface area contributed by atoms with Gasteiger partial charge in [-0.05, 0) is 42.8 Å². The van der Waals surface area contributed by atoms with Gasteiger partial charge in [0.2, 0.25) is 0 Å². The zero-order valence-electron chi connectivity index (χ0n) is 17.1. The predicted molar refractivity (Wildman–Crippen MR) is 119 cm³/mol. The predicted octanol–water partition coefficient (Wildman–Crippen LogP) is 3.94. The van der Waals surface area contributed by atoms with E-state index in [1.165, 1.54) is 0 Å². The van der Waals surface area contributed by atoms with Crippen LogP contribution in [0.3, 0.4) is 0 Å². The highest BCUT2D eigenvalue weighted by atomic mass is 35.5. The van der Waals surface area contributed by atoms with E-state index >= 15 is 0 Å². The smallest absolute Gasteiger partial charge is 0.161 e. The quantitative estimate of drug-likeness (QED) is 0.706. The van der Waals surface area contributed by atoms with Gasteiger partial charge in [-0.3, -0.25) is 4.90 Å². The molecule has 0 unspecified atom stereocenters. The highest BCUT2D eigenvalue weighted by Gasteiger charge is 2.20. The number of nitrogens with zero attached hydrogens (tertiary/aromatic N) is 2. The number of hydrogen-bond acceptors (Lipinski definition) is 5. The zero-order valence-corrected chi connectivity index (χ0v) is 17.8. The Balaban J connectivity index is 1.46. The molecule has 0 spiro atoms. The Kier molecular flexibility index (Phi) is 7.81. The van der Waals surface area contributed by atoms with Crippen LogP contribution in [-0.4, -0.2) is 62.6 Å². The number of piperazine rings is 1. The molecular formula is C23H29ClN2O3. The first-order valence-corrected chi connectivity index (χ1v) is 10.3. The highest BCUT2D eigenvalue weighted by molar-refractivity contribution is 6.30. The van der Waals surface area contributed by atoms with Gasteiger partial charge in [-0.1, -0.05) is 35.9 Å². The minimum atomic E-state index is -0.562. The molecular weight excluding hydrogens is 388 g/mol. The first-order valence-electron chi connectivity index (χ1n) is 9.93. The average molecular weight is 417 g/mol. The first-order chi connectivity index (χ1) is 14.1. The van der Waals surface area contributed by atoms with Gasteiger partial charge in [0.05, 0.1) is 7.11 Å². The van der Waals surface area contributed by atoms with Gasteiger partial charge in [0.25, 0.3) is 0 Å². The minimum Gasteiger partial charge on any atom is -0.493 e. The molecule has 1 aliphatic heterocycles. The summed E-state index contributed by atoms with van der Waals surface area (Å²) in [4.78, 5) is 4.59. The van der Waals surface area contributed by atoms with Crippen molar-refractivity contribution in [2.75, 3.05) is 51.3 Å². The van der Waals surface area contributed by atoms with Crippen molar-refractivity contribution in [3.8, 4) is 11.5 Å². The number of hydrogen-bond donors (Lipinski definition) is 1. The first kappa shape index (κ1) is 21.5. The fourth-order valence-electron chi connectivity index (χ4n) is 3.50. The van der Waals surface area contributed by atoms with Crippen LogP contribution in [0.4, 0.5) is 5.69 Å². The Morgan fingerprint density at radius 1 is 1.10 bits per heavy atom. The lowest BCUT2D eigenvalue weighted by Gasteiger charge is -2.36. The molecule has 29 heavy (non-hydrogen) atoms. The van der Waals surface area contributed by atoms with E-state index in [2.05, 4.69) is 15.9 Å². The van der Waals surface area contributed by atoms with Crippen LogP contribution in [-0.2, 0) is 0 Å². The number of rotatable bonds is 8. The summed E-state index contributed by atoms with van der Waals surface area (Å²) in [6.45, 7) is 6.40. The summed E-state index contributed by atoms with van der Waals surface area (Å²) in [6, 6.07) is 13.7. The maximum absolute atomic E-state index is 10.4. The Bertz CT molecular complexity index is 820. The van der Waals surface area contributed by atoms with Crippen molar-refractivity contribution >= 4 is 23.4 Å². The highest BCUT2D eigenvalue weighted by Crippen LogP contribution is 2.28. The number of ether oxygens (including phenoxy) is 2. The normalized spacial score (nSPS) is 16.2. The molecule has 0 aliphatic carbocycles. The van der Waals surface area contributed by atoms with Gasteiger partial charge in [0.15, 0.2) is 11.5 Å². The van der Waals surface area contributed by atoms with Gasteiger partial charge >= 0.3 is 0 Å². The molecule has 1 fully saturated rings.